The smallest absolute Gasteiger partial charge is 0.243 e. The summed E-state index contributed by atoms with van der Waals surface area (Å²) in [5, 5.41) is 2.30. The van der Waals surface area contributed by atoms with E-state index in [1.807, 2.05) is 0 Å². The number of amides is 1. The van der Waals surface area contributed by atoms with E-state index in [4.69, 9.17) is 10.5 Å². The highest BCUT2D eigenvalue weighted by Crippen LogP contribution is 2.29. The number of nitrogen functional groups attached to an aromatic ring is 1. The van der Waals surface area contributed by atoms with Crippen LogP contribution in [0.1, 0.15) is 0 Å². The first-order valence-electron chi connectivity index (χ1n) is 5.54. The second-order valence-electron chi connectivity index (χ2n) is 3.96. The minimum Gasteiger partial charge on any atom is -0.492 e. The Bertz CT molecular complexity index is 595. The van der Waals surface area contributed by atoms with Crippen molar-refractivity contribution in [2.75, 3.05) is 33.5 Å². The van der Waals surface area contributed by atoms with Gasteiger partial charge in [-0.2, -0.15) is 4.31 Å². The Hall–Kier alpha value is -1.87. The average molecular weight is 305 g/mol. The largest absolute Gasteiger partial charge is 0.492 e. The molecule has 0 aliphatic carbocycles. The monoisotopic (exact) mass is 305 g/mol. The number of nitrogens with two attached hydrogens (primary N) is 1. The SMILES string of the molecule is CNC(=O)CN(C)S(=O)(=O)c1cc(N)c(OC)c(F)c1. The number of carbonyl (C=O) groups excluding carboxylic acids is 1. The molecule has 3 N–H and O–H groups in total. The summed E-state index contributed by atoms with van der Waals surface area (Å²) >= 11 is 0. The van der Waals surface area contributed by atoms with Crippen LogP contribution in [0, 0.1) is 5.82 Å². The molecule has 1 rings (SSSR count). The van der Waals surface area contributed by atoms with E-state index in [1.165, 1.54) is 21.2 Å². The predicted octanol–water partition coefficient (Wildman–Crippen LogP) is -0.217. The van der Waals surface area contributed by atoms with Crippen LogP contribution < -0.4 is 15.8 Å². The summed E-state index contributed by atoms with van der Waals surface area (Å²) in [5.74, 6) is -1.60. The molecule has 0 aliphatic heterocycles. The molecule has 0 aromatic heterocycles. The number of carbonyl (C=O) groups is 1. The Balaban J connectivity index is 3.19. The van der Waals surface area contributed by atoms with E-state index < -0.39 is 21.7 Å². The maximum absolute atomic E-state index is 13.7. The number of anilines is 1. The molecule has 0 fully saturated rings. The number of benzene rings is 1. The Labute approximate surface area is 116 Å². The van der Waals surface area contributed by atoms with E-state index in [9.17, 15) is 17.6 Å². The molecule has 0 unspecified atom stereocenters. The van der Waals surface area contributed by atoms with Crippen LogP contribution in [0.5, 0.6) is 5.75 Å². The van der Waals surface area contributed by atoms with Gasteiger partial charge in [0.2, 0.25) is 15.9 Å². The van der Waals surface area contributed by atoms with Crippen LogP contribution in [-0.4, -0.2) is 46.4 Å². The molecule has 7 nitrogen and oxygen atoms in total. The summed E-state index contributed by atoms with van der Waals surface area (Å²) in [6, 6.07) is 1.88. The molecule has 1 amide bonds. The van der Waals surface area contributed by atoms with Gasteiger partial charge in [0.1, 0.15) is 0 Å². The second-order valence-corrected chi connectivity index (χ2v) is 6.01. The lowest BCUT2D eigenvalue weighted by Crippen LogP contribution is -2.36. The Morgan fingerprint density at radius 1 is 1.50 bits per heavy atom. The van der Waals surface area contributed by atoms with Gasteiger partial charge in [-0.3, -0.25) is 4.79 Å². The topological polar surface area (TPSA) is 102 Å². The number of halogens is 1. The van der Waals surface area contributed by atoms with Crippen LogP contribution >= 0.6 is 0 Å². The molecule has 9 heteroatoms. The summed E-state index contributed by atoms with van der Waals surface area (Å²) in [5.41, 5.74) is 5.39. The molecular formula is C11H16FN3O4S. The molecule has 0 atom stereocenters. The van der Waals surface area contributed by atoms with E-state index >= 15 is 0 Å². The van der Waals surface area contributed by atoms with Crippen molar-refractivity contribution in [3.63, 3.8) is 0 Å². The number of likely N-dealkylation sites (N-methyl/N-ethyl adjacent to an activating group) is 2. The molecule has 0 radical (unpaired) electrons. The van der Waals surface area contributed by atoms with Crippen LogP contribution in [0.3, 0.4) is 0 Å². The number of methoxy groups -OCH3 is 1. The quantitative estimate of drug-likeness (QED) is 0.733. The fraction of sp³-hybridized carbons (Fsp3) is 0.364. The van der Waals surface area contributed by atoms with Gasteiger partial charge in [-0.15, -0.1) is 0 Å². The minimum absolute atomic E-state index is 0.139. The third kappa shape index (κ3) is 3.17. The van der Waals surface area contributed by atoms with Gasteiger partial charge in [0.15, 0.2) is 11.6 Å². The van der Waals surface area contributed by atoms with Crippen molar-refractivity contribution in [3.05, 3.63) is 17.9 Å². The molecule has 0 saturated heterocycles. The van der Waals surface area contributed by atoms with Gasteiger partial charge in [-0.1, -0.05) is 0 Å². The summed E-state index contributed by atoms with van der Waals surface area (Å²) in [6.45, 7) is -0.383. The average Bonchev–Trinajstić information content (AvgIpc) is 2.37. The summed E-state index contributed by atoms with van der Waals surface area (Å²) in [6.07, 6.45) is 0. The summed E-state index contributed by atoms with van der Waals surface area (Å²) in [4.78, 5) is 10.9. The van der Waals surface area contributed by atoms with E-state index in [1.54, 1.807) is 0 Å². The zero-order valence-electron chi connectivity index (χ0n) is 11.3. The molecular weight excluding hydrogens is 289 g/mol. The van der Waals surface area contributed by atoms with Crippen LogP contribution in [0.2, 0.25) is 0 Å². The first-order chi connectivity index (χ1) is 9.23. The lowest BCUT2D eigenvalue weighted by atomic mass is 10.3. The molecule has 0 aliphatic rings. The summed E-state index contributed by atoms with van der Waals surface area (Å²) in [7, 11) is -0.200. The molecule has 112 valence electrons. The molecule has 0 bridgehead atoms. The van der Waals surface area contributed by atoms with Gasteiger partial charge < -0.3 is 15.8 Å². The van der Waals surface area contributed by atoms with E-state index in [0.717, 1.165) is 16.4 Å². The maximum Gasteiger partial charge on any atom is 0.243 e. The molecule has 1 aromatic carbocycles. The fourth-order valence-electron chi connectivity index (χ4n) is 1.50. The van der Waals surface area contributed by atoms with Gasteiger partial charge in [0.05, 0.1) is 24.2 Å². The van der Waals surface area contributed by atoms with Crippen LogP contribution in [0.4, 0.5) is 10.1 Å². The van der Waals surface area contributed by atoms with Crippen LogP contribution in [0.15, 0.2) is 17.0 Å². The first-order valence-corrected chi connectivity index (χ1v) is 6.98. The second kappa shape index (κ2) is 6.06. The summed E-state index contributed by atoms with van der Waals surface area (Å²) < 4.78 is 43.5. The van der Waals surface area contributed by atoms with Crippen molar-refractivity contribution in [2.45, 2.75) is 4.90 Å². The lowest BCUT2D eigenvalue weighted by molar-refractivity contribution is -0.120. The third-order valence-corrected chi connectivity index (χ3v) is 4.38. The van der Waals surface area contributed by atoms with Crippen molar-refractivity contribution >= 4 is 21.6 Å². The normalized spacial score (nSPS) is 11.4. The Kier molecular flexibility index (Phi) is 4.90. The highest BCUT2D eigenvalue weighted by atomic mass is 32.2. The predicted molar refractivity (Wildman–Crippen MR) is 71.2 cm³/mol. The first kappa shape index (κ1) is 16.2. The standard InChI is InChI=1S/C11H16FN3O4S/c1-14-10(16)6-15(2)20(17,18)7-4-8(12)11(19-3)9(13)5-7/h4-5H,6,13H2,1-3H3,(H,14,16). The Morgan fingerprint density at radius 3 is 2.55 bits per heavy atom. The number of sulfonamides is 1. The van der Waals surface area contributed by atoms with Gasteiger partial charge in [-0.05, 0) is 12.1 Å². The maximum atomic E-state index is 13.7. The zero-order valence-corrected chi connectivity index (χ0v) is 12.1. The number of rotatable bonds is 5. The molecule has 0 spiro atoms. The highest BCUT2D eigenvalue weighted by Gasteiger charge is 2.25. The minimum atomic E-state index is -4.02. The van der Waals surface area contributed by atoms with E-state index in [2.05, 4.69) is 5.32 Å². The lowest BCUT2D eigenvalue weighted by Gasteiger charge is -2.17. The van der Waals surface area contributed by atoms with Crippen molar-refractivity contribution in [1.29, 1.82) is 0 Å². The van der Waals surface area contributed by atoms with Crippen LogP contribution in [-0.2, 0) is 14.8 Å². The molecule has 20 heavy (non-hydrogen) atoms. The van der Waals surface area contributed by atoms with E-state index in [-0.39, 0.29) is 22.9 Å². The third-order valence-electron chi connectivity index (χ3n) is 2.60. The highest BCUT2D eigenvalue weighted by molar-refractivity contribution is 7.89. The van der Waals surface area contributed by atoms with Gasteiger partial charge in [0.25, 0.3) is 0 Å². The number of nitrogens with one attached hydrogen (secondary N) is 1. The number of hydrogen-bond acceptors (Lipinski definition) is 5. The number of nitrogens with zero attached hydrogens (tertiary/aromatic N) is 1. The van der Waals surface area contributed by atoms with Gasteiger partial charge >= 0.3 is 0 Å². The van der Waals surface area contributed by atoms with Crippen molar-refractivity contribution < 1.29 is 22.3 Å². The van der Waals surface area contributed by atoms with Gasteiger partial charge in [0, 0.05) is 14.1 Å². The molecule has 0 heterocycles. The van der Waals surface area contributed by atoms with Crippen molar-refractivity contribution in [1.82, 2.24) is 9.62 Å². The van der Waals surface area contributed by atoms with Gasteiger partial charge in [-0.25, -0.2) is 12.8 Å². The van der Waals surface area contributed by atoms with Crippen molar-refractivity contribution in [2.24, 2.45) is 0 Å². The molecule has 0 saturated carbocycles. The molecule has 1 aromatic rings. The number of ether oxygens (including phenoxy) is 1. The van der Waals surface area contributed by atoms with Crippen LogP contribution in [0.25, 0.3) is 0 Å². The zero-order chi connectivity index (χ0) is 15.5. The number of hydrogen-bond donors (Lipinski definition) is 2. The van der Waals surface area contributed by atoms with E-state index in [0.29, 0.717) is 0 Å². The van der Waals surface area contributed by atoms with Crippen molar-refractivity contribution in [3.8, 4) is 5.75 Å². The Morgan fingerprint density at radius 2 is 2.10 bits per heavy atom. The fourth-order valence-corrected chi connectivity index (χ4v) is 2.67.